The molecule has 0 bridgehead atoms. The Labute approximate surface area is 151 Å². The number of ether oxygens (including phenoxy) is 2. The molecule has 0 fully saturated rings. The number of halogens is 2. The standard InChI is InChI=1S/C16H13BrClNO3S/c1-19(7-12-6-11(17)8-23-12)15(20)3-2-10-4-13(18)16-14(5-10)21-9-22-16/h2-6,8H,7,9H2,1H3. The van der Waals surface area contributed by atoms with Gasteiger partial charge in [-0.3, -0.25) is 4.79 Å². The van der Waals surface area contributed by atoms with E-state index in [-0.39, 0.29) is 12.7 Å². The topological polar surface area (TPSA) is 38.8 Å². The van der Waals surface area contributed by atoms with Gasteiger partial charge in [0, 0.05) is 27.9 Å². The monoisotopic (exact) mass is 413 g/mol. The highest BCUT2D eigenvalue weighted by Gasteiger charge is 2.17. The number of carbonyl (C=O) groups is 1. The van der Waals surface area contributed by atoms with Crippen LogP contribution in [0.5, 0.6) is 11.5 Å². The van der Waals surface area contributed by atoms with Gasteiger partial charge in [0.25, 0.3) is 0 Å². The normalized spacial score (nSPS) is 12.8. The molecule has 0 spiro atoms. The Morgan fingerprint density at radius 3 is 3.00 bits per heavy atom. The van der Waals surface area contributed by atoms with Gasteiger partial charge in [-0.05, 0) is 45.8 Å². The second kappa shape index (κ2) is 6.95. The molecule has 0 unspecified atom stereocenters. The van der Waals surface area contributed by atoms with E-state index in [1.807, 2.05) is 11.4 Å². The molecule has 4 nitrogen and oxygen atoms in total. The van der Waals surface area contributed by atoms with Crippen LogP contribution in [0.4, 0.5) is 0 Å². The number of likely N-dealkylation sites (N-methyl/N-ethyl adjacent to an activating group) is 1. The quantitative estimate of drug-likeness (QED) is 0.688. The van der Waals surface area contributed by atoms with Gasteiger partial charge >= 0.3 is 0 Å². The molecule has 1 aromatic carbocycles. The van der Waals surface area contributed by atoms with Crippen molar-refractivity contribution in [2.75, 3.05) is 13.8 Å². The van der Waals surface area contributed by atoms with E-state index in [0.717, 1.165) is 14.9 Å². The molecule has 1 amide bonds. The fourth-order valence-electron chi connectivity index (χ4n) is 2.13. The molecule has 0 radical (unpaired) electrons. The molecule has 3 rings (SSSR count). The third-order valence-electron chi connectivity index (χ3n) is 3.26. The van der Waals surface area contributed by atoms with E-state index >= 15 is 0 Å². The van der Waals surface area contributed by atoms with Gasteiger partial charge in [-0.25, -0.2) is 0 Å². The van der Waals surface area contributed by atoms with Gasteiger partial charge in [0.1, 0.15) is 0 Å². The minimum Gasteiger partial charge on any atom is -0.454 e. The summed E-state index contributed by atoms with van der Waals surface area (Å²) in [6.07, 6.45) is 3.24. The largest absolute Gasteiger partial charge is 0.454 e. The second-order valence-electron chi connectivity index (χ2n) is 5.00. The zero-order valence-electron chi connectivity index (χ0n) is 12.2. The highest BCUT2D eigenvalue weighted by molar-refractivity contribution is 9.10. The van der Waals surface area contributed by atoms with Gasteiger partial charge in [-0.1, -0.05) is 11.6 Å². The summed E-state index contributed by atoms with van der Waals surface area (Å²) in [5.74, 6) is 1.07. The molecule has 23 heavy (non-hydrogen) atoms. The zero-order chi connectivity index (χ0) is 16.4. The number of thiophene rings is 1. The molecule has 2 aromatic rings. The van der Waals surface area contributed by atoms with Crippen molar-refractivity contribution in [1.29, 1.82) is 0 Å². The van der Waals surface area contributed by atoms with Gasteiger partial charge in [0.05, 0.1) is 11.6 Å². The predicted molar refractivity (Wildman–Crippen MR) is 95.1 cm³/mol. The number of rotatable bonds is 4. The lowest BCUT2D eigenvalue weighted by atomic mass is 10.2. The Balaban J connectivity index is 1.67. The summed E-state index contributed by atoms with van der Waals surface area (Å²) >= 11 is 11.1. The fourth-order valence-corrected chi connectivity index (χ4v) is 3.90. The molecular weight excluding hydrogens is 402 g/mol. The summed E-state index contributed by atoms with van der Waals surface area (Å²) in [6.45, 7) is 0.738. The molecule has 1 aliphatic rings. The molecular formula is C16H13BrClNO3S. The van der Waals surface area contributed by atoms with Crippen LogP contribution >= 0.6 is 38.9 Å². The summed E-state index contributed by atoms with van der Waals surface area (Å²) < 4.78 is 11.6. The van der Waals surface area contributed by atoms with Crippen molar-refractivity contribution in [3.63, 3.8) is 0 Å². The van der Waals surface area contributed by atoms with E-state index in [9.17, 15) is 4.79 Å². The van der Waals surface area contributed by atoms with E-state index in [4.69, 9.17) is 21.1 Å². The molecule has 0 saturated carbocycles. The number of hydrogen-bond donors (Lipinski definition) is 0. The van der Waals surface area contributed by atoms with E-state index in [1.165, 1.54) is 6.08 Å². The maximum Gasteiger partial charge on any atom is 0.246 e. The van der Waals surface area contributed by atoms with Crippen LogP contribution in [0.15, 0.2) is 34.1 Å². The van der Waals surface area contributed by atoms with Gasteiger partial charge in [-0.15, -0.1) is 11.3 Å². The SMILES string of the molecule is CN(Cc1cc(Br)cs1)C(=O)C=Cc1cc(Cl)c2c(c1)OCO2. The molecule has 1 aromatic heterocycles. The Morgan fingerprint density at radius 1 is 1.43 bits per heavy atom. The second-order valence-corrected chi connectivity index (χ2v) is 7.31. The summed E-state index contributed by atoms with van der Waals surface area (Å²) in [4.78, 5) is 15.0. The molecule has 0 aliphatic carbocycles. The first-order valence-electron chi connectivity index (χ1n) is 6.78. The van der Waals surface area contributed by atoms with E-state index in [0.29, 0.717) is 23.1 Å². The smallest absolute Gasteiger partial charge is 0.246 e. The van der Waals surface area contributed by atoms with Crippen molar-refractivity contribution < 1.29 is 14.3 Å². The van der Waals surface area contributed by atoms with Gasteiger partial charge in [0.2, 0.25) is 12.7 Å². The summed E-state index contributed by atoms with van der Waals surface area (Å²) in [7, 11) is 1.77. The highest BCUT2D eigenvalue weighted by atomic mass is 79.9. The van der Waals surface area contributed by atoms with Crippen LogP contribution in [0.25, 0.3) is 6.08 Å². The van der Waals surface area contributed by atoms with E-state index < -0.39 is 0 Å². The molecule has 7 heteroatoms. The molecule has 2 heterocycles. The predicted octanol–water partition coefficient (Wildman–Crippen LogP) is 4.56. The number of fused-ring (bicyclic) bond motifs is 1. The lowest BCUT2D eigenvalue weighted by Gasteiger charge is -2.13. The van der Waals surface area contributed by atoms with Crippen LogP contribution < -0.4 is 9.47 Å². The number of carbonyl (C=O) groups excluding carboxylic acids is 1. The Hall–Kier alpha value is -1.50. The number of benzene rings is 1. The first-order valence-corrected chi connectivity index (χ1v) is 8.83. The maximum atomic E-state index is 12.2. The van der Waals surface area contributed by atoms with Crippen molar-refractivity contribution in [1.82, 2.24) is 4.90 Å². The number of hydrogen-bond acceptors (Lipinski definition) is 4. The summed E-state index contributed by atoms with van der Waals surface area (Å²) in [5, 5.41) is 2.47. The maximum absolute atomic E-state index is 12.2. The third-order valence-corrected chi connectivity index (χ3v) is 5.22. The van der Waals surface area contributed by atoms with Crippen molar-refractivity contribution in [3.05, 3.63) is 49.6 Å². The van der Waals surface area contributed by atoms with Crippen molar-refractivity contribution in [2.45, 2.75) is 6.54 Å². The lowest BCUT2D eigenvalue weighted by Crippen LogP contribution is -2.23. The van der Waals surface area contributed by atoms with Crippen molar-refractivity contribution in [3.8, 4) is 11.5 Å². The van der Waals surface area contributed by atoms with Crippen molar-refractivity contribution in [2.24, 2.45) is 0 Å². The lowest BCUT2D eigenvalue weighted by molar-refractivity contribution is -0.125. The van der Waals surface area contributed by atoms with Crippen LogP contribution in [-0.2, 0) is 11.3 Å². The minimum atomic E-state index is -0.0803. The van der Waals surface area contributed by atoms with Crippen LogP contribution in [0, 0.1) is 0 Å². The van der Waals surface area contributed by atoms with Crippen LogP contribution in [-0.4, -0.2) is 24.6 Å². The Kier molecular flexibility index (Phi) is 4.94. The zero-order valence-corrected chi connectivity index (χ0v) is 15.4. The molecule has 1 aliphatic heterocycles. The molecule has 0 saturated heterocycles. The van der Waals surface area contributed by atoms with Crippen LogP contribution in [0.1, 0.15) is 10.4 Å². The Bertz CT molecular complexity index is 775. The third kappa shape index (κ3) is 3.88. The van der Waals surface area contributed by atoms with Gasteiger partial charge in [-0.2, -0.15) is 0 Å². The highest BCUT2D eigenvalue weighted by Crippen LogP contribution is 2.40. The van der Waals surface area contributed by atoms with Crippen LogP contribution in [0.2, 0.25) is 5.02 Å². The number of amides is 1. The van der Waals surface area contributed by atoms with Crippen LogP contribution in [0.3, 0.4) is 0 Å². The molecule has 120 valence electrons. The molecule has 0 atom stereocenters. The summed E-state index contributed by atoms with van der Waals surface area (Å²) in [5.41, 5.74) is 0.792. The number of nitrogens with zero attached hydrogens (tertiary/aromatic N) is 1. The van der Waals surface area contributed by atoms with Gasteiger partial charge < -0.3 is 14.4 Å². The van der Waals surface area contributed by atoms with Crippen molar-refractivity contribution >= 4 is 50.9 Å². The first-order chi connectivity index (χ1) is 11.0. The summed E-state index contributed by atoms with van der Waals surface area (Å²) in [6, 6.07) is 5.55. The first kappa shape index (κ1) is 16.4. The average Bonchev–Trinajstić information content (AvgIpc) is 3.14. The Morgan fingerprint density at radius 2 is 2.26 bits per heavy atom. The average molecular weight is 415 g/mol. The van der Waals surface area contributed by atoms with E-state index in [1.54, 1.807) is 41.5 Å². The molecule has 0 N–H and O–H groups in total. The minimum absolute atomic E-state index is 0.0803. The van der Waals surface area contributed by atoms with E-state index in [2.05, 4.69) is 15.9 Å². The van der Waals surface area contributed by atoms with Gasteiger partial charge in [0.15, 0.2) is 11.5 Å². The fraction of sp³-hybridized carbons (Fsp3) is 0.188.